The number of β-amino-alcohol motifs (C(OH)–C–C–N with tert-alkyl or cyclic N) is 1. The molecule has 17 heavy (non-hydrogen) atoms. The Morgan fingerprint density at radius 2 is 2.06 bits per heavy atom. The number of aryl methyl sites for hydroxylation is 1. The molecular weight excluding hydrogens is 236 g/mol. The molecule has 0 aliphatic carbocycles. The summed E-state index contributed by atoms with van der Waals surface area (Å²) in [5.41, 5.74) is 1.40. The molecule has 0 aromatic heterocycles. The highest BCUT2D eigenvalue weighted by Gasteiger charge is 2.15. The number of hydrogen-bond acceptors (Lipinski definition) is 3. The van der Waals surface area contributed by atoms with E-state index in [9.17, 15) is 5.11 Å². The summed E-state index contributed by atoms with van der Waals surface area (Å²) in [4.78, 5) is 2.32. The largest absolute Gasteiger partial charge is 0.377 e. The maximum absolute atomic E-state index is 9.44. The minimum atomic E-state index is -0.342. The molecule has 0 radical (unpaired) electrons. The van der Waals surface area contributed by atoms with Crippen LogP contribution in [0.25, 0.3) is 0 Å². The van der Waals surface area contributed by atoms with Crippen LogP contribution in [0.2, 0.25) is 0 Å². The molecule has 1 heterocycles. The number of aliphatic hydroxyl groups is 1. The molecule has 1 saturated heterocycles. The number of hydrogen-bond donors (Lipinski definition) is 2. The Labute approximate surface area is 109 Å². The summed E-state index contributed by atoms with van der Waals surface area (Å²) in [5, 5.41) is 12.5. The van der Waals surface area contributed by atoms with Crippen LogP contribution >= 0.6 is 12.4 Å². The van der Waals surface area contributed by atoms with E-state index in [0.29, 0.717) is 0 Å². The lowest BCUT2D eigenvalue weighted by molar-refractivity contribution is 0.0542. The van der Waals surface area contributed by atoms with Gasteiger partial charge in [0.05, 0.1) is 0 Å². The zero-order chi connectivity index (χ0) is 11.2. The van der Waals surface area contributed by atoms with E-state index in [2.05, 4.69) is 40.5 Å². The van der Waals surface area contributed by atoms with E-state index in [0.717, 1.165) is 39.0 Å². The van der Waals surface area contributed by atoms with Crippen molar-refractivity contribution in [3.63, 3.8) is 0 Å². The molecule has 1 aromatic rings. The van der Waals surface area contributed by atoms with Crippen LogP contribution in [-0.4, -0.2) is 42.4 Å². The molecule has 1 unspecified atom stereocenters. The fourth-order valence-corrected chi connectivity index (χ4v) is 2.14. The van der Waals surface area contributed by atoms with Crippen molar-refractivity contribution >= 4 is 12.4 Å². The molecule has 0 bridgehead atoms. The molecule has 2 rings (SSSR count). The van der Waals surface area contributed by atoms with Crippen molar-refractivity contribution in [3.8, 4) is 0 Å². The van der Waals surface area contributed by atoms with E-state index in [1.165, 1.54) is 5.56 Å². The Morgan fingerprint density at radius 1 is 1.29 bits per heavy atom. The van der Waals surface area contributed by atoms with Crippen LogP contribution in [0, 0.1) is 0 Å². The van der Waals surface area contributed by atoms with Crippen molar-refractivity contribution in [1.29, 1.82) is 0 Å². The second-order valence-electron chi connectivity index (χ2n) is 4.36. The third-order valence-corrected chi connectivity index (χ3v) is 3.02. The van der Waals surface area contributed by atoms with E-state index in [4.69, 9.17) is 0 Å². The molecule has 1 aliphatic rings. The van der Waals surface area contributed by atoms with Gasteiger partial charge in [-0.05, 0) is 24.9 Å². The van der Waals surface area contributed by atoms with Crippen molar-refractivity contribution in [2.24, 2.45) is 0 Å². The van der Waals surface area contributed by atoms with Crippen LogP contribution < -0.4 is 5.32 Å². The number of halogens is 1. The average molecular weight is 257 g/mol. The number of benzene rings is 1. The number of aliphatic hydroxyl groups excluding tert-OH is 1. The molecule has 2 N–H and O–H groups in total. The second-order valence-corrected chi connectivity index (χ2v) is 4.36. The van der Waals surface area contributed by atoms with Gasteiger partial charge in [0.15, 0.2) is 0 Å². The lowest BCUT2D eigenvalue weighted by Gasteiger charge is -2.30. The minimum absolute atomic E-state index is 0. The lowest BCUT2D eigenvalue weighted by Crippen LogP contribution is -2.50. The van der Waals surface area contributed by atoms with Gasteiger partial charge >= 0.3 is 0 Å². The monoisotopic (exact) mass is 256 g/mol. The van der Waals surface area contributed by atoms with Gasteiger partial charge in [-0.15, -0.1) is 12.4 Å². The zero-order valence-corrected chi connectivity index (χ0v) is 10.8. The predicted octanol–water partition coefficient (Wildman–Crippen LogP) is 1.26. The number of piperazine rings is 1. The van der Waals surface area contributed by atoms with Crippen molar-refractivity contribution in [2.75, 3.05) is 26.2 Å². The van der Waals surface area contributed by atoms with Gasteiger partial charge in [-0.3, -0.25) is 10.2 Å². The number of nitrogens with one attached hydrogen (secondary N) is 1. The number of rotatable bonds is 4. The third kappa shape index (κ3) is 5.04. The molecule has 0 spiro atoms. The molecule has 0 amide bonds. The predicted molar refractivity (Wildman–Crippen MR) is 72.5 cm³/mol. The van der Waals surface area contributed by atoms with Gasteiger partial charge in [0.2, 0.25) is 0 Å². The SMILES string of the molecule is Cl.OC1CN(CCCc2ccccc2)CCN1. The van der Waals surface area contributed by atoms with Gasteiger partial charge < -0.3 is 5.11 Å². The minimum Gasteiger partial charge on any atom is -0.377 e. The van der Waals surface area contributed by atoms with Crippen molar-refractivity contribution in [1.82, 2.24) is 10.2 Å². The van der Waals surface area contributed by atoms with Crippen LogP contribution in [0.4, 0.5) is 0 Å². The molecule has 1 aliphatic heterocycles. The van der Waals surface area contributed by atoms with Crippen molar-refractivity contribution in [2.45, 2.75) is 19.1 Å². The maximum Gasteiger partial charge on any atom is 0.117 e. The average Bonchev–Trinajstić information content (AvgIpc) is 2.30. The lowest BCUT2D eigenvalue weighted by atomic mass is 10.1. The first-order valence-corrected chi connectivity index (χ1v) is 6.02. The van der Waals surface area contributed by atoms with Crippen molar-refractivity contribution < 1.29 is 5.11 Å². The van der Waals surface area contributed by atoms with Gasteiger partial charge in [-0.25, -0.2) is 0 Å². The summed E-state index contributed by atoms with van der Waals surface area (Å²) >= 11 is 0. The van der Waals surface area contributed by atoms with Crippen LogP contribution in [0.3, 0.4) is 0 Å². The summed E-state index contributed by atoms with van der Waals surface area (Å²) in [6.45, 7) is 3.78. The first-order valence-electron chi connectivity index (χ1n) is 6.02. The maximum atomic E-state index is 9.44. The molecular formula is C13H21ClN2O. The molecule has 4 heteroatoms. The van der Waals surface area contributed by atoms with Gasteiger partial charge in [-0.1, -0.05) is 30.3 Å². The first-order chi connectivity index (χ1) is 7.84. The Hall–Kier alpha value is -0.610. The van der Waals surface area contributed by atoms with Crippen molar-refractivity contribution in [3.05, 3.63) is 35.9 Å². The van der Waals surface area contributed by atoms with Crippen LogP contribution in [0.5, 0.6) is 0 Å². The van der Waals surface area contributed by atoms with E-state index in [1.54, 1.807) is 0 Å². The summed E-state index contributed by atoms with van der Waals surface area (Å²) in [5.74, 6) is 0. The fourth-order valence-electron chi connectivity index (χ4n) is 2.14. The highest BCUT2D eigenvalue weighted by Crippen LogP contribution is 2.04. The van der Waals surface area contributed by atoms with E-state index in [1.807, 2.05) is 0 Å². The Bertz CT molecular complexity index is 308. The normalized spacial score (nSPS) is 20.9. The quantitative estimate of drug-likeness (QED) is 0.852. The van der Waals surface area contributed by atoms with Crippen LogP contribution in [0.1, 0.15) is 12.0 Å². The fraction of sp³-hybridized carbons (Fsp3) is 0.538. The smallest absolute Gasteiger partial charge is 0.117 e. The highest BCUT2D eigenvalue weighted by atomic mass is 35.5. The van der Waals surface area contributed by atoms with E-state index in [-0.39, 0.29) is 18.6 Å². The molecule has 96 valence electrons. The third-order valence-electron chi connectivity index (χ3n) is 3.02. The van der Waals surface area contributed by atoms with Gasteiger partial charge in [-0.2, -0.15) is 0 Å². The summed E-state index contributed by atoms with van der Waals surface area (Å²) in [6.07, 6.45) is 1.95. The molecule has 1 aromatic carbocycles. The molecule has 3 nitrogen and oxygen atoms in total. The Kier molecular flexibility index (Phi) is 6.52. The topological polar surface area (TPSA) is 35.5 Å². The van der Waals surface area contributed by atoms with Gasteiger partial charge in [0.25, 0.3) is 0 Å². The van der Waals surface area contributed by atoms with E-state index >= 15 is 0 Å². The Morgan fingerprint density at radius 3 is 2.76 bits per heavy atom. The summed E-state index contributed by atoms with van der Waals surface area (Å²) < 4.78 is 0. The standard InChI is InChI=1S/C13H20N2O.ClH/c16-13-11-15(10-8-14-13)9-4-7-12-5-2-1-3-6-12;/h1-3,5-6,13-14,16H,4,7-11H2;1H. The summed E-state index contributed by atoms with van der Waals surface area (Å²) in [7, 11) is 0. The van der Waals surface area contributed by atoms with Gasteiger partial charge in [0, 0.05) is 19.6 Å². The van der Waals surface area contributed by atoms with E-state index < -0.39 is 0 Å². The second kappa shape index (κ2) is 7.67. The molecule has 1 atom stereocenters. The highest BCUT2D eigenvalue weighted by molar-refractivity contribution is 5.85. The molecule has 1 fully saturated rings. The zero-order valence-electron chi connectivity index (χ0n) is 10.0. The Balaban J connectivity index is 0.00000144. The van der Waals surface area contributed by atoms with Crippen LogP contribution in [0.15, 0.2) is 30.3 Å². The van der Waals surface area contributed by atoms with Crippen LogP contribution in [-0.2, 0) is 6.42 Å². The van der Waals surface area contributed by atoms with Gasteiger partial charge in [0.1, 0.15) is 6.23 Å². The summed E-state index contributed by atoms with van der Waals surface area (Å²) in [6, 6.07) is 10.6. The molecule has 0 saturated carbocycles. The number of nitrogens with zero attached hydrogens (tertiary/aromatic N) is 1. The first kappa shape index (κ1) is 14.5.